The summed E-state index contributed by atoms with van der Waals surface area (Å²) < 4.78 is 5.32. The standard InChI is InChI=1S/C16H22N4O.HI/c1-12(2)8-9-18-16(17)19-11-14-10-15(21-20-14)13-6-4-3-5-7-13;/h3-7,10,12H,8-9,11H2,1-2H3,(H3,17,18,19);1H. The molecule has 0 aliphatic heterocycles. The lowest BCUT2D eigenvalue weighted by Gasteiger charge is -2.06. The third kappa shape index (κ3) is 6.05. The average molecular weight is 414 g/mol. The first kappa shape index (κ1) is 18.5. The quantitative estimate of drug-likeness (QED) is 0.432. The minimum atomic E-state index is 0. The lowest BCUT2D eigenvalue weighted by atomic mass is 10.1. The lowest BCUT2D eigenvalue weighted by molar-refractivity contribution is 0.424. The molecule has 120 valence electrons. The summed E-state index contributed by atoms with van der Waals surface area (Å²) in [4.78, 5) is 4.26. The van der Waals surface area contributed by atoms with Gasteiger partial charge in [-0.15, -0.1) is 24.0 Å². The van der Waals surface area contributed by atoms with Gasteiger partial charge >= 0.3 is 0 Å². The molecular formula is C16H23IN4O. The summed E-state index contributed by atoms with van der Waals surface area (Å²) in [6.45, 7) is 5.60. The van der Waals surface area contributed by atoms with Crippen LogP contribution in [0, 0.1) is 5.92 Å². The first-order valence-corrected chi connectivity index (χ1v) is 7.20. The molecule has 0 unspecified atom stereocenters. The smallest absolute Gasteiger partial charge is 0.188 e. The maximum atomic E-state index is 5.81. The highest BCUT2D eigenvalue weighted by Crippen LogP contribution is 2.19. The van der Waals surface area contributed by atoms with Crippen molar-refractivity contribution in [2.24, 2.45) is 16.6 Å². The lowest BCUT2D eigenvalue weighted by Crippen LogP contribution is -2.32. The number of hydrogen-bond donors (Lipinski definition) is 2. The topological polar surface area (TPSA) is 76.4 Å². The van der Waals surface area contributed by atoms with Gasteiger partial charge < -0.3 is 15.6 Å². The normalized spacial score (nSPS) is 11.3. The third-order valence-corrected chi connectivity index (χ3v) is 3.06. The van der Waals surface area contributed by atoms with Crippen molar-refractivity contribution < 1.29 is 4.52 Å². The zero-order valence-electron chi connectivity index (χ0n) is 13.0. The monoisotopic (exact) mass is 414 g/mol. The Morgan fingerprint density at radius 3 is 2.73 bits per heavy atom. The fourth-order valence-corrected chi connectivity index (χ4v) is 1.84. The van der Waals surface area contributed by atoms with Crippen molar-refractivity contribution in [1.29, 1.82) is 0 Å². The molecule has 6 heteroatoms. The third-order valence-electron chi connectivity index (χ3n) is 3.06. The maximum Gasteiger partial charge on any atom is 0.188 e. The number of nitrogens with two attached hydrogens (primary N) is 1. The van der Waals surface area contributed by atoms with E-state index >= 15 is 0 Å². The minimum Gasteiger partial charge on any atom is -0.370 e. The summed E-state index contributed by atoms with van der Waals surface area (Å²) in [5.74, 6) is 1.83. The molecule has 0 fully saturated rings. The molecule has 0 saturated heterocycles. The van der Waals surface area contributed by atoms with Gasteiger partial charge in [0.1, 0.15) is 5.69 Å². The van der Waals surface area contributed by atoms with Gasteiger partial charge in [0.15, 0.2) is 11.7 Å². The Labute approximate surface area is 148 Å². The second-order valence-electron chi connectivity index (χ2n) is 5.36. The molecule has 0 aliphatic rings. The zero-order valence-corrected chi connectivity index (χ0v) is 15.3. The van der Waals surface area contributed by atoms with Crippen molar-refractivity contribution in [2.75, 3.05) is 6.54 Å². The zero-order chi connectivity index (χ0) is 15.1. The van der Waals surface area contributed by atoms with E-state index in [1.807, 2.05) is 36.4 Å². The molecule has 1 heterocycles. The Bertz CT molecular complexity index is 581. The Hall–Kier alpha value is -1.57. The molecule has 5 nitrogen and oxygen atoms in total. The molecule has 0 atom stereocenters. The Kier molecular flexibility index (Phi) is 7.94. The summed E-state index contributed by atoms with van der Waals surface area (Å²) in [6, 6.07) is 11.7. The fourth-order valence-electron chi connectivity index (χ4n) is 1.84. The van der Waals surface area contributed by atoms with Crippen LogP contribution in [0.1, 0.15) is 26.0 Å². The van der Waals surface area contributed by atoms with Crippen LogP contribution < -0.4 is 11.1 Å². The average Bonchev–Trinajstić information content (AvgIpc) is 2.94. The summed E-state index contributed by atoms with van der Waals surface area (Å²) in [5, 5.41) is 7.10. The van der Waals surface area contributed by atoms with Crippen LogP contribution in [0.15, 0.2) is 45.9 Å². The molecule has 3 N–H and O–H groups in total. The second kappa shape index (κ2) is 9.45. The van der Waals surface area contributed by atoms with Crippen LogP contribution >= 0.6 is 24.0 Å². The highest BCUT2D eigenvalue weighted by atomic mass is 127. The highest BCUT2D eigenvalue weighted by Gasteiger charge is 2.05. The molecule has 2 rings (SSSR count). The Morgan fingerprint density at radius 2 is 2.05 bits per heavy atom. The largest absolute Gasteiger partial charge is 0.370 e. The predicted molar refractivity (Wildman–Crippen MR) is 100 cm³/mol. The maximum absolute atomic E-state index is 5.81. The number of guanidine groups is 1. The molecule has 1 aromatic carbocycles. The van der Waals surface area contributed by atoms with Crippen LogP contribution in [-0.4, -0.2) is 17.7 Å². The Morgan fingerprint density at radius 1 is 1.32 bits per heavy atom. The predicted octanol–water partition coefficient (Wildman–Crippen LogP) is 3.41. The number of benzene rings is 1. The number of hydrogen-bond acceptors (Lipinski definition) is 3. The first-order valence-electron chi connectivity index (χ1n) is 7.20. The van der Waals surface area contributed by atoms with Crippen molar-refractivity contribution in [3.8, 4) is 11.3 Å². The number of halogens is 1. The molecule has 22 heavy (non-hydrogen) atoms. The van der Waals surface area contributed by atoms with E-state index in [1.54, 1.807) is 0 Å². The first-order chi connectivity index (χ1) is 10.1. The van der Waals surface area contributed by atoms with Crippen molar-refractivity contribution in [3.63, 3.8) is 0 Å². The van der Waals surface area contributed by atoms with Crippen molar-refractivity contribution in [1.82, 2.24) is 10.5 Å². The van der Waals surface area contributed by atoms with Gasteiger partial charge in [0.05, 0.1) is 6.54 Å². The van der Waals surface area contributed by atoms with Gasteiger partial charge in [-0.3, -0.25) is 0 Å². The molecule has 0 aliphatic carbocycles. The molecule has 0 radical (unpaired) electrons. The Balaban J connectivity index is 0.00000242. The number of aromatic nitrogens is 1. The summed E-state index contributed by atoms with van der Waals surface area (Å²) >= 11 is 0. The van der Waals surface area contributed by atoms with E-state index in [0.717, 1.165) is 30.0 Å². The molecule has 0 spiro atoms. The van der Waals surface area contributed by atoms with Crippen LogP contribution in [0.2, 0.25) is 0 Å². The van der Waals surface area contributed by atoms with E-state index in [-0.39, 0.29) is 24.0 Å². The van der Waals surface area contributed by atoms with Crippen LogP contribution in [0.4, 0.5) is 0 Å². The van der Waals surface area contributed by atoms with E-state index in [2.05, 4.69) is 29.3 Å². The molecule has 0 amide bonds. The van der Waals surface area contributed by atoms with Crippen LogP contribution in [0.25, 0.3) is 11.3 Å². The van der Waals surface area contributed by atoms with E-state index < -0.39 is 0 Å². The SMILES string of the molecule is CC(C)CCNC(N)=NCc1cc(-c2ccccc2)on1.I. The van der Waals surface area contributed by atoms with Crippen LogP contribution in [0.3, 0.4) is 0 Å². The fraction of sp³-hybridized carbons (Fsp3) is 0.375. The molecule has 2 aromatic rings. The number of nitrogens with one attached hydrogen (secondary N) is 1. The number of aliphatic imine (C=N–C) groups is 1. The molecule has 0 saturated carbocycles. The van der Waals surface area contributed by atoms with Gasteiger partial charge in [-0.25, -0.2) is 4.99 Å². The van der Waals surface area contributed by atoms with Crippen molar-refractivity contribution in [2.45, 2.75) is 26.8 Å². The van der Waals surface area contributed by atoms with E-state index in [1.165, 1.54) is 0 Å². The molecule has 1 aromatic heterocycles. The van der Waals surface area contributed by atoms with Gasteiger partial charge in [0.25, 0.3) is 0 Å². The van der Waals surface area contributed by atoms with Gasteiger partial charge in [0, 0.05) is 18.2 Å². The van der Waals surface area contributed by atoms with E-state index in [0.29, 0.717) is 18.4 Å². The van der Waals surface area contributed by atoms with Gasteiger partial charge in [-0.2, -0.15) is 0 Å². The van der Waals surface area contributed by atoms with Gasteiger partial charge in [0.2, 0.25) is 0 Å². The van der Waals surface area contributed by atoms with Gasteiger partial charge in [-0.05, 0) is 12.3 Å². The summed E-state index contributed by atoms with van der Waals surface area (Å²) in [5.41, 5.74) is 7.58. The van der Waals surface area contributed by atoms with E-state index in [9.17, 15) is 0 Å². The van der Waals surface area contributed by atoms with Crippen molar-refractivity contribution >= 4 is 29.9 Å². The van der Waals surface area contributed by atoms with Gasteiger partial charge in [-0.1, -0.05) is 49.3 Å². The summed E-state index contributed by atoms with van der Waals surface area (Å²) in [7, 11) is 0. The number of nitrogens with zero attached hydrogens (tertiary/aromatic N) is 2. The van der Waals surface area contributed by atoms with Crippen molar-refractivity contribution in [3.05, 3.63) is 42.1 Å². The van der Waals surface area contributed by atoms with Crippen LogP contribution in [0.5, 0.6) is 0 Å². The van der Waals surface area contributed by atoms with Crippen LogP contribution in [-0.2, 0) is 6.54 Å². The minimum absolute atomic E-state index is 0. The summed E-state index contributed by atoms with van der Waals surface area (Å²) in [6.07, 6.45) is 1.07. The molecule has 0 bridgehead atoms. The van der Waals surface area contributed by atoms with E-state index in [4.69, 9.17) is 10.3 Å². The number of rotatable bonds is 6. The highest BCUT2D eigenvalue weighted by molar-refractivity contribution is 14.0. The molecular weight excluding hydrogens is 391 g/mol. The second-order valence-corrected chi connectivity index (χ2v) is 5.36.